The van der Waals surface area contributed by atoms with E-state index in [9.17, 15) is 9.59 Å². The molecule has 0 saturated heterocycles. The van der Waals surface area contributed by atoms with Gasteiger partial charge in [0.2, 0.25) is 11.8 Å². The van der Waals surface area contributed by atoms with Gasteiger partial charge in [-0.25, -0.2) is 4.98 Å². The Hall–Kier alpha value is -1.47. The number of amides is 2. The maximum Gasteiger partial charge on any atom is 0.231 e. The number of nitrogens with one attached hydrogen (secondary N) is 2. The average Bonchev–Trinajstić information content (AvgIpc) is 3.07. The maximum absolute atomic E-state index is 12.1. The summed E-state index contributed by atoms with van der Waals surface area (Å²) >= 11 is 1.34. The smallest absolute Gasteiger partial charge is 0.231 e. The molecule has 0 radical (unpaired) electrons. The van der Waals surface area contributed by atoms with E-state index in [2.05, 4.69) is 15.6 Å². The van der Waals surface area contributed by atoms with E-state index in [-0.39, 0.29) is 24.3 Å². The van der Waals surface area contributed by atoms with Crippen molar-refractivity contribution in [3.8, 4) is 0 Å². The predicted octanol–water partition coefficient (Wildman–Crippen LogP) is 1.91. The first kappa shape index (κ1) is 17.9. The van der Waals surface area contributed by atoms with Gasteiger partial charge in [0.1, 0.15) is 0 Å². The van der Waals surface area contributed by atoms with E-state index in [1.165, 1.54) is 11.3 Å². The average molecular weight is 338 g/mol. The molecule has 0 aromatic carbocycles. The molecule has 4 N–H and O–H groups in total. The van der Waals surface area contributed by atoms with Crippen molar-refractivity contribution in [3.05, 3.63) is 11.1 Å². The van der Waals surface area contributed by atoms with E-state index in [0.717, 1.165) is 19.3 Å². The van der Waals surface area contributed by atoms with Gasteiger partial charge in [-0.3, -0.25) is 9.59 Å². The van der Waals surface area contributed by atoms with Crippen molar-refractivity contribution in [2.45, 2.75) is 52.5 Å². The van der Waals surface area contributed by atoms with Gasteiger partial charge in [0.05, 0.1) is 12.1 Å². The highest BCUT2D eigenvalue weighted by molar-refractivity contribution is 7.13. The van der Waals surface area contributed by atoms with Crippen LogP contribution >= 0.6 is 11.3 Å². The van der Waals surface area contributed by atoms with E-state index < -0.39 is 5.41 Å². The van der Waals surface area contributed by atoms with Crippen molar-refractivity contribution >= 4 is 28.3 Å². The molecule has 6 nitrogen and oxygen atoms in total. The lowest BCUT2D eigenvalue weighted by atomic mass is 9.96. The molecule has 2 unspecified atom stereocenters. The van der Waals surface area contributed by atoms with Crippen LogP contribution in [-0.2, 0) is 16.0 Å². The number of nitrogens with two attached hydrogens (primary N) is 1. The highest BCUT2D eigenvalue weighted by Crippen LogP contribution is 2.25. The van der Waals surface area contributed by atoms with Crippen molar-refractivity contribution in [1.82, 2.24) is 10.3 Å². The number of aromatic nitrogens is 1. The van der Waals surface area contributed by atoms with Gasteiger partial charge in [-0.1, -0.05) is 27.2 Å². The Morgan fingerprint density at radius 3 is 2.78 bits per heavy atom. The molecule has 1 fully saturated rings. The highest BCUT2D eigenvalue weighted by atomic mass is 32.1. The fourth-order valence-electron chi connectivity index (χ4n) is 2.66. The van der Waals surface area contributed by atoms with Crippen molar-refractivity contribution in [1.29, 1.82) is 0 Å². The zero-order valence-electron chi connectivity index (χ0n) is 14.0. The Labute approximate surface area is 141 Å². The van der Waals surface area contributed by atoms with Crippen molar-refractivity contribution in [3.63, 3.8) is 0 Å². The molecule has 7 heteroatoms. The van der Waals surface area contributed by atoms with Crippen LogP contribution in [0.15, 0.2) is 5.38 Å². The normalized spacial score (nSPS) is 21.2. The number of carbonyl (C=O) groups is 2. The maximum atomic E-state index is 12.1. The largest absolute Gasteiger partial charge is 0.353 e. The minimum absolute atomic E-state index is 0.0330. The molecule has 1 heterocycles. The first-order valence-electron chi connectivity index (χ1n) is 8.05. The molecule has 1 aliphatic rings. The Bertz CT molecular complexity index is 565. The summed E-state index contributed by atoms with van der Waals surface area (Å²) in [5.41, 5.74) is 5.95. The molecule has 0 spiro atoms. The standard InChI is InChI=1S/C16H26N4O2S/c1-16(2,3)14(22)20-15-18-11(9-23-15)7-13(21)19-12-6-4-5-10(12)8-17/h9-10,12H,4-8,17H2,1-3H3,(H,19,21)(H,18,20,22). The quantitative estimate of drug-likeness (QED) is 0.764. The van der Waals surface area contributed by atoms with Gasteiger partial charge in [-0.2, -0.15) is 0 Å². The zero-order valence-corrected chi connectivity index (χ0v) is 14.8. The number of anilines is 1. The first-order chi connectivity index (χ1) is 10.8. The van der Waals surface area contributed by atoms with E-state index in [1.807, 2.05) is 26.2 Å². The molecule has 1 aliphatic carbocycles. The fourth-order valence-corrected chi connectivity index (χ4v) is 3.37. The van der Waals surface area contributed by atoms with E-state index >= 15 is 0 Å². The predicted molar refractivity (Wildman–Crippen MR) is 92.2 cm³/mol. The summed E-state index contributed by atoms with van der Waals surface area (Å²) < 4.78 is 0. The minimum Gasteiger partial charge on any atom is -0.353 e. The van der Waals surface area contributed by atoms with Crippen LogP contribution in [0, 0.1) is 11.3 Å². The molecule has 2 atom stereocenters. The Morgan fingerprint density at radius 2 is 2.13 bits per heavy atom. The molecule has 2 rings (SSSR count). The fraction of sp³-hybridized carbons (Fsp3) is 0.688. The molecule has 0 aliphatic heterocycles. The first-order valence-corrected chi connectivity index (χ1v) is 8.93. The van der Waals surface area contributed by atoms with Crippen LogP contribution < -0.4 is 16.4 Å². The lowest BCUT2D eigenvalue weighted by Crippen LogP contribution is -2.40. The topological polar surface area (TPSA) is 97.1 Å². The van der Waals surface area contributed by atoms with Gasteiger partial charge >= 0.3 is 0 Å². The molecule has 23 heavy (non-hydrogen) atoms. The SMILES string of the molecule is CC(C)(C)C(=O)Nc1nc(CC(=O)NC2CCCC2CN)cs1. The van der Waals surface area contributed by atoms with Crippen molar-refractivity contribution < 1.29 is 9.59 Å². The Balaban J connectivity index is 1.86. The van der Waals surface area contributed by atoms with Crippen LogP contribution in [0.3, 0.4) is 0 Å². The van der Waals surface area contributed by atoms with Gasteiger partial charge in [-0.05, 0) is 25.3 Å². The molecule has 1 aromatic rings. The second kappa shape index (κ2) is 7.40. The van der Waals surface area contributed by atoms with Crippen LogP contribution in [-0.4, -0.2) is 29.4 Å². The van der Waals surface area contributed by atoms with E-state index in [4.69, 9.17) is 5.73 Å². The summed E-state index contributed by atoms with van der Waals surface area (Å²) in [5, 5.41) is 8.19. The molecular weight excluding hydrogens is 312 g/mol. The summed E-state index contributed by atoms with van der Waals surface area (Å²) in [5.74, 6) is 0.268. The highest BCUT2D eigenvalue weighted by Gasteiger charge is 2.27. The lowest BCUT2D eigenvalue weighted by Gasteiger charge is -2.19. The molecular formula is C16H26N4O2S. The molecule has 128 valence electrons. The van der Waals surface area contributed by atoms with Crippen LogP contribution in [0.2, 0.25) is 0 Å². The number of carbonyl (C=O) groups excluding carboxylic acids is 2. The van der Waals surface area contributed by atoms with Crippen molar-refractivity contribution in [2.24, 2.45) is 17.1 Å². The van der Waals surface area contributed by atoms with E-state index in [1.54, 1.807) is 0 Å². The number of nitrogens with zero attached hydrogens (tertiary/aromatic N) is 1. The van der Waals surface area contributed by atoms with Gasteiger partial charge in [0.25, 0.3) is 0 Å². The zero-order chi connectivity index (χ0) is 17.0. The van der Waals surface area contributed by atoms with Crippen LogP contribution in [0.1, 0.15) is 45.7 Å². The minimum atomic E-state index is -0.469. The Kier molecular flexibility index (Phi) is 5.75. The summed E-state index contributed by atoms with van der Waals surface area (Å²) in [6.07, 6.45) is 3.43. The van der Waals surface area contributed by atoms with Crippen LogP contribution in [0.5, 0.6) is 0 Å². The molecule has 2 amide bonds. The van der Waals surface area contributed by atoms with E-state index in [0.29, 0.717) is 23.3 Å². The third-order valence-electron chi connectivity index (χ3n) is 4.10. The van der Waals surface area contributed by atoms with Crippen LogP contribution in [0.4, 0.5) is 5.13 Å². The number of hydrogen-bond donors (Lipinski definition) is 3. The second-order valence-electron chi connectivity index (χ2n) is 7.13. The van der Waals surface area contributed by atoms with Crippen LogP contribution in [0.25, 0.3) is 0 Å². The van der Waals surface area contributed by atoms with Gasteiger partial charge in [0, 0.05) is 16.8 Å². The van der Waals surface area contributed by atoms with Gasteiger partial charge < -0.3 is 16.4 Å². The van der Waals surface area contributed by atoms with Gasteiger partial charge in [-0.15, -0.1) is 11.3 Å². The number of thiazole rings is 1. The van der Waals surface area contributed by atoms with Gasteiger partial charge in [0.15, 0.2) is 5.13 Å². The summed E-state index contributed by atoms with van der Waals surface area (Å²) in [6.45, 7) is 6.16. The number of rotatable bonds is 5. The summed E-state index contributed by atoms with van der Waals surface area (Å²) in [4.78, 5) is 28.4. The monoisotopic (exact) mass is 338 g/mol. The lowest BCUT2D eigenvalue weighted by molar-refractivity contribution is -0.123. The molecule has 1 aromatic heterocycles. The van der Waals surface area contributed by atoms with Crippen molar-refractivity contribution in [2.75, 3.05) is 11.9 Å². The number of hydrogen-bond acceptors (Lipinski definition) is 5. The third-order valence-corrected chi connectivity index (χ3v) is 4.91. The third kappa shape index (κ3) is 5.00. The Morgan fingerprint density at radius 1 is 1.39 bits per heavy atom. The summed E-state index contributed by atoms with van der Waals surface area (Å²) in [7, 11) is 0. The molecule has 0 bridgehead atoms. The second-order valence-corrected chi connectivity index (χ2v) is 7.98. The summed E-state index contributed by atoms with van der Waals surface area (Å²) in [6, 6.07) is 0.186. The molecule has 1 saturated carbocycles.